The number of carbonyl (C=O) groups excluding carboxylic acids is 2. The summed E-state index contributed by atoms with van der Waals surface area (Å²) in [6.45, 7) is -1.38. The number of aromatic amines is 1. The lowest BCUT2D eigenvalue weighted by molar-refractivity contribution is -0.245. The molecule has 2 amide bonds. The topological polar surface area (TPSA) is 141 Å². The fourth-order valence-corrected chi connectivity index (χ4v) is 5.20. The summed E-state index contributed by atoms with van der Waals surface area (Å²) in [7, 11) is 0. The van der Waals surface area contributed by atoms with E-state index in [1.54, 1.807) is 0 Å². The van der Waals surface area contributed by atoms with Crippen LogP contribution in [0.15, 0.2) is 18.2 Å². The van der Waals surface area contributed by atoms with Crippen molar-refractivity contribution in [2.75, 3.05) is 11.9 Å². The number of fused-ring (bicyclic) bond motifs is 1. The van der Waals surface area contributed by atoms with Gasteiger partial charge in [0.1, 0.15) is 5.56 Å². The van der Waals surface area contributed by atoms with E-state index in [0.29, 0.717) is 0 Å². The van der Waals surface area contributed by atoms with Gasteiger partial charge in [-0.25, -0.2) is 8.78 Å². The SMILES string of the molecule is CC(O)(C(=O)NCc1ccc(Cl)c(Nc2nc3nc(OCC(F)F)c(C(=O)NC4CCC(C(F)(F)F)CC4)cc3[nH]2)c1Cl)C(F)(F)F. The molecule has 1 fully saturated rings. The van der Waals surface area contributed by atoms with Gasteiger partial charge in [0.25, 0.3) is 18.2 Å². The van der Waals surface area contributed by atoms with Gasteiger partial charge in [0.05, 0.1) is 27.2 Å². The van der Waals surface area contributed by atoms with Crippen molar-refractivity contribution < 1.29 is 54.6 Å². The monoisotopic (exact) mass is 720 g/mol. The van der Waals surface area contributed by atoms with Crippen LogP contribution in [-0.4, -0.2) is 68.9 Å². The summed E-state index contributed by atoms with van der Waals surface area (Å²) < 4.78 is 109. The molecule has 1 aromatic carbocycles. The van der Waals surface area contributed by atoms with Crippen molar-refractivity contribution in [3.8, 4) is 5.88 Å². The number of amides is 2. The van der Waals surface area contributed by atoms with Gasteiger partial charge in [0.2, 0.25) is 17.4 Å². The van der Waals surface area contributed by atoms with Gasteiger partial charge in [-0.2, -0.15) is 36.3 Å². The van der Waals surface area contributed by atoms with Gasteiger partial charge in [-0.1, -0.05) is 29.3 Å². The molecular formula is C27H26Cl2F8N6O4. The number of alkyl halides is 8. The summed E-state index contributed by atoms with van der Waals surface area (Å²) in [6.07, 6.45) is -12.8. The molecular weight excluding hydrogens is 695 g/mol. The number of halogens is 10. The number of rotatable bonds is 10. The van der Waals surface area contributed by atoms with E-state index in [2.05, 4.69) is 25.6 Å². The molecule has 47 heavy (non-hydrogen) atoms. The highest BCUT2D eigenvalue weighted by molar-refractivity contribution is 6.39. The summed E-state index contributed by atoms with van der Waals surface area (Å²) in [5, 5.41) is 16.7. The zero-order chi connectivity index (χ0) is 34.9. The molecule has 4 rings (SSSR count). The molecule has 0 radical (unpaired) electrons. The molecule has 0 bridgehead atoms. The Morgan fingerprint density at radius 1 is 1.09 bits per heavy atom. The van der Waals surface area contributed by atoms with Crippen LogP contribution >= 0.6 is 23.2 Å². The molecule has 1 unspecified atom stereocenters. The maximum atomic E-state index is 13.1. The molecule has 5 N–H and O–H groups in total. The average Bonchev–Trinajstić information content (AvgIpc) is 3.37. The van der Waals surface area contributed by atoms with Crippen LogP contribution in [0.2, 0.25) is 10.0 Å². The zero-order valence-electron chi connectivity index (χ0n) is 24.1. The first kappa shape index (κ1) is 36.2. The highest BCUT2D eigenvalue weighted by Gasteiger charge is 2.55. The molecule has 1 atom stereocenters. The first-order valence-corrected chi connectivity index (χ1v) is 14.5. The minimum absolute atomic E-state index is 0.00189. The number of hydrogen-bond donors (Lipinski definition) is 5. The van der Waals surface area contributed by atoms with Crippen LogP contribution in [0, 0.1) is 5.92 Å². The van der Waals surface area contributed by atoms with Gasteiger partial charge in [-0.15, -0.1) is 0 Å². The number of H-pyrrole nitrogens is 1. The number of benzene rings is 1. The van der Waals surface area contributed by atoms with Crippen molar-refractivity contribution in [2.24, 2.45) is 5.92 Å². The summed E-state index contributed by atoms with van der Waals surface area (Å²) in [6, 6.07) is 3.20. The Labute approximate surface area is 270 Å². The van der Waals surface area contributed by atoms with Gasteiger partial charge < -0.3 is 30.8 Å². The Kier molecular flexibility index (Phi) is 10.7. The number of ether oxygens (including phenoxy) is 1. The van der Waals surface area contributed by atoms with Crippen molar-refractivity contribution in [3.05, 3.63) is 39.4 Å². The maximum absolute atomic E-state index is 13.1. The first-order chi connectivity index (χ1) is 21.8. The van der Waals surface area contributed by atoms with Crippen LogP contribution < -0.4 is 20.7 Å². The number of hydrogen-bond acceptors (Lipinski definition) is 7. The van der Waals surface area contributed by atoms with Gasteiger partial charge in [-0.05, 0) is 50.3 Å². The Balaban J connectivity index is 1.55. The zero-order valence-corrected chi connectivity index (χ0v) is 25.6. The summed E-state index contributed by atoms with van der Waals surface area (Å²) in [5.41, 5.74) is -3.94. The van der Waals surface area contributed by atoms with Gasteiger partial charge >= 0.3 is 12.4 Å². The maximum Gasteiger partial charge on any atom is 0.426 e. The van der Waals surface area contributed by atoms with Crippen molar-refractivity contribution in [1.29, 1.82) is 0 Å². The summed E-state index contributed by atoms with van der Waals surface area (Å²) in [5.74, 6) is -4.65. The molecule has 258 valence electrons. The van der Waals surface area contributed by atoms with Crippen molar-refractivity contribution in [1.82, 2.24) is 25.6 Å². The third-order valence-electron chi connectivity index (χ3n) is 7.40. The molecule has 0 saturated heterocycles. The number of nitrogens with one attached hydrogen (secondary N) is 4. The lowest BCUT2D eigenvalue weighted by Gasteiger charge is -2.30. The van der Waals surface area contributed by atoms with Gasteiger partial charge in [0, 0.05) is 12.6 Å². The minimum Gasteiger partial charge on any atom is -0.471 e. The second-order valence-electron chi connectivity index (χ2n) is 10.8. The predicted molar refractivity (Wildman–Crippen MR) is 153 cm³/mol. The van der Waals surface area contributed by atoms with Crippen LogP contribution in [0.1, 0.15) is 48.5 Å². The van der Waals surface area contributed by atoms with Gasteiger partial charge in [0.15, 0.2) is 12.3 Å². The van der Waals surface area contributed by atoms with E-state index < -0.39 is 67.2 Å². The molecule has 1 saturated carbocycles. The van der Waals surface area contributed by atoms with Crippen LogP contribution in [0.4, 0.5) is 46.8 Å². The number of anilines is 2. The molecule has 10 nitrogen and oxygen atoms in total. The van der Waals surface area contributed by atoms with E-state index >= 15 is 0 Å². The number of carbonyl (C=O) groups is 2. The lowest BCUT2D eigenvalue weighted by Crippen LogP contribution is -2.54. The molecule has 3 aromatic rings. The standard InChI is InChI=1S/C27H26Cl2F8N6O4/c1-25(46,27(35,36)37)23(45)38-9-11-2-7-15(28)19(18(11)29)41-24-40-16-8-14(22(42-20(16)43-24)47-10-17(30)31)21(44)39-13-5-3-12(4-6-13)26(32,33)34/h2,7-8,12-13,17,46H,3-6,9-10H2,1H3,(H,38,45)(H,39,44)(H2,40,41,42,43). The van der Waals surface area contributed by atoms with Crippen LogP contribution in [0.3, 0.4) is 0 Å². The Morgan fingerprint density at radius 2 is 1.74 bits per heavy atom. The first-order valence-electron chi connectivity index (χ1n) is 13.8. The van der Waals surface area contributed by atoms with Crippen molar-refractivity contribution >= 4 is 57.8 Å². The second-order valence-corrected chi connectivity index (χ2v) is 11.6. The quantitative estimate of drug-likeness (QED) is 0.152. The number of imidazole rings is 1. The largest absolute Gasteiger partial charge is 0.471 e. The summed E-state index contributed by atoms with van der Waals surface area (Å²) >= 11 is 12.6. The average molecular weight is 721 g/mol. The van der Waals surface area contributed by atoms with Crippen molar-refractivity contribution in [2.45, 2.75) is 69.6 Å². The van der Waals surface area contributed by atoms with E-state index in [1.807, 2.05) is 5.32 Å². The molecule has 20 heteroatoms. The predicted octanol–water partition coefficient (Wildman–Crippen LogP) is 6.43. The van der Waals surface area contributed by atoms with Crippen LogP contribution in [0.25, 0.3) is 11.2 Å². The third kappa shape index (κ3) is 8.45. The lowest BCUT2D eigenvalue weighted by atomic mass is 9.85. The van der Waals surface area contributed by atoms with E-state index in [9.17, 15) is 49.8 Å². The molecule has 2 aromatic heterocycles. The van der Waals surface area contributed by atoms with Crippen LogP contribution in [0.5, 0.6) is 5.88 Å². The van der Waals surface area contributed by atoms with E-state index in [0.717, 1.165) is 0 Å². The molecule has 0 spiro atoms. The number of aromatic nitrogens is 3. The smallest absolute Gasteiger partial charge is 0.426 e. The number of pyridine rings is 1. The van der Waals surface area contributed by atoms with E-state index in [4.69, 9.17) is 27.9 Å². The highest BCUT2D eigenvalue weighted by Crippen LogP contribution is 2.38. The van der Waals surface area contributed by atoms with E-state index in [1.165, 1.54) is 18.2 Å². The second kappa shape index (κ2) is 13.8. The van der Waals surface area contributed by atoms with Crippen molar-refractivity contribution in [3.63, 3.8) is 0 Å². The fraction of sp³-hybridized carbons (Fsp3) is 0.481. The summed E-state index contributed by atoms with van der Waals surface area (Å²) in [4.78, 5) is 36.1. The third-order valence-corrected chi connectivity index (χ3v) is 8.15. The van der Waals surface area contributed by atoms with Gasteiger partial charge in [-0.3, -0.25) is 9.59 Å². The van der Waals surface area contributed by atoms with Crippen LogP contribution in [-0.2, 0) is 11.3 Å². The molecule has 0 aliphatic heterocycles. The normalized spacial score (nSPS) is 18.6. The van der Waals surface area contributed by atoms with E-state index in [-0.39, 0.29) is 76.6 Å². The Bertz CT molecular complexity index is 1630. The molecule has 2 heterocycles. The Hall–Kier alpha value is -3.64. The Morgan fingerprint density at radius 3 is 2.34 bits per heavy atom. The highest BCUT2D eigenvalue weighted by atomic mass is 35.5. The number of nitrogens with zero attached hydrogens (tertiary/aromatic N) is 2. The molecule has 1 aliphatic rings. The molecule has 1 aliphatic carbocycles. The fourth-order valence-electron chi connectivity index (χ4n) is 4.67. The minimum atomic E-state index is -5.25. The number of aliphatic hydroxyl groups is 1.